The van der Waals surface area contributed by atoms with E-state index in [1.807, 2.05) is 42.2 Å². The van der Waals surface area contributed by atoms with Crippen LogP contribution in [0.1, 0.15) is 71.9 Å². The molecule has 0 radical (unpaired) electrons. The van der Waals surface area contributed by atoms with Gasteiger partial charge in [0.05, 0.1) is 18.6 Å². The number of pyridine rings is 1. The van der Waals surface area contributed by atoms with Crippen molar-refractivity contribution in [3.8, 4) is 11.3 Å². The van der Waals surface area contributed by atoms with Crippen molar-refractivity contribution in [3.63, 3.8) is 0 Å². The van der Waals surface area contributed by atoms with E-state index in [0.29, 0.717) is 68.7 Å². The molecule has 2 fully saturated rings. The third kappa shape index (κ3) is 6.97. The number of benzene rings is 1. The molecule has 0 spiro atoms. The first kappa shape index (κ1) is 33.6. The maximum Gasteiger partial charge on any atom is 0.236 e. The molecule has 3 atom stereocenters. The fourth-order valence-corrected chi connectivity index (χ4v) is 8.59. The second kappa shape index (κ2) is 13.3. The first-order valence-electron chi connectivity index (χ1n) is 17.0. The lowest BCUT2D eigenvalue weighted by atomic mass is 9.61. The van der Waals surface area contributed by atoms with Crippen molar-refractivity contribution in [2.24, 2.45) is 15.8 Å². The Hall–Kier alpha value is -3.31. The first-order chi connectivity index (χ1) is 22.4. The minimum atomic E-state index is -1.42. The summed E-state index contributed by atoms with van der Waals surface area (Å²) in [5.41, 5.74) is 2.51. The van der Waals surface area contributed by atoms with Crippen LogP contribution in [0, 0.1) is 17.8 Å². The predicted molar refractivity (Wildman–Crippen MR) is 188 cm³/mol. The lowest BCUT2D eigenvalue weighted by Crippen LogP contribution is -2.45. The number of aromatic nitrogens is 3. The molecule has 5 heterocycles. The number of alkyl halides is 1. The Labute approximate surface area is 281 Å². The molecule has 252 valence electrons. The molecule has 3 aliphatic heterocycles. The van der Waals surface area contributed by atoms with Crippen molar-refractivity contribution >= 4 is 45.2 Å². The van der Waals surface area contributed by atoms with Gasteiger partial charge >= 0.3 is 0 Å². The molecule has 0 saturated carbocycles. The van der Waals surface area contributed by atoms with Crippen LogP contribution in [0.2, 0.25) is 0 Å². The van der Waals surface area contributed by atoms with Crippen molar-refractivity contribution < 1.29 is 14.0 Å². The van der Waals surface area contributed by atoms with Crippen molar-refractivity contribution in [2.75, 3.05) is 44.6 Å². The van der Waals surface area contributed by atoms with Gasteiger partial charge in [0.2, 0.25) is 11.8 Å². The van der Waals surface area contributed by atoms with E-state index in [-0.39, 0.29) is 22.6 Å². The number of nitrogens with zero attached hydrogens (tertiary/aromatic N) is 5. The zero-order valence-electron chi connectivity index (χ0n) is 28.4. The molecule has 3 aromatic rings. The number of rotatable bonds is 9. The summed E-state index contributed by atoms with van der Waals surface area (Å²) in [6, 6.07) is 9.77. The quantitative estimate of drug-likeness (QED) is 0.266. The minimum Gasteiger partial charge on any atom is -0.341 e. The molecule has 3 unspecified atom stereocenters. The topological polar surface area (TPSA) is 107 Å². The van der Waals surface area contributed by atoms with Gasteiger partial charge in [-0.1, -0.05) is 34.1 Å². The molecule has 11 heteroatoms. The van der Waals surface area contributed by atoms with Crippen LogP contribution in [0.4, 0.5) is 10.1 Å². The van der Waals surface area contributed by atoms with Crippen molar-refractivity contribution in [1.29, 1.82) is 0 Å². The summed E-state index contributed by atoms with van der Waals surface area (Å²) >= 11 is 1.55. The summed E-state index contributed by atoms with van der Waals surface area (Å²) in [5.74, 6) is 0.0180. The third-order valence-corrected chi connectivity index (χ3v) is 12.2. The van der Waals surface area contributed by atoms with Gasteiger partial charge in [-0.05, 0) is 73.9 Å². The zero-order chi connectivity index (χ0) is 33.4. The zero-order valence-corrected chi connectivity index (χ0v) is 29.2. The molecule has 2 N–H and O–H groups in total. The van der Waals surface area contributed by atoms with Gasteiger partial charge in [-0.3, -0.25) is 29.6 Å². The van der Waals surface area contributed by atoms with E-state index in [2.05, 4.69) is 58.1 Å². The Morgan fingerprint density at radius 2 is 1.98 bits per heavy atom. The molecule has 0 aliphatic carbocycles. The predicted octanol–water partition coefficient (Wildman–Crippen LogP) is 6.64. The van der Waals surface area contributed by atoms with Gasteiger partial charge in [-0.25, -0.2) is 4.39 Å². The average Bonchev–Trinajstić information content (AvgIpc) is 3.74. The molecule has 2 amide bonds. The Balaban J connectivity index is 1.11. The number of anilines is 1. The fourth-order valence-electron chi connectivity index (χ4n) is 7.50. The van der Waals surface area contributed by atoms with Gasteiger partial charge in [-0.15, -0.1) is 11.8 Å². The highest BCUT2D eigenvalue weighted by atomic mass is 32.2. The molecule has 9 nitrogen and oxygen atoms in total. The summed E-state index contributed by atoms with van der Waals surface area (Å²) < 4.78 is 15.9. The largest absolute Gasteiger partial charge is 0.341 e. The molecule has 1 aromatic carbocycles. The molecule has 47 heavy (non-hydrogen) atoms. The number of nitrogens with one attached hydrogen (secondary N) is 2. The number of hydrogen-bond donors (Lipinski definition) is 2. The maximum absolute atomic E-state index is 15.9. The Morgan fingerprint density at radius 1 is 1.15 bits per heavy atom. The van der Waals surface area contributed by atoms with Gasteiger partial charge in [0.15, 0.2) is 5.67 Å². The van der Waals surface area contributed by atoms with Crippen molar-refractivity contribution in [2.45, 2.75) is 84.1 Å². The van der Waals surface area contributed by atoms with E-state index in [4.69, 9.17) is 0 Å². The molecule has 2 aromatic heterocycles. The van der Waals surface area contributed by atoms with E-state index < -0.39 is 5.67 Å². The second-order valence-electron chi connectivity index (χ2n) is 14.5. The van der Waals surface area contributed by atoms with Crippen LogP contribution < -0.4 is 5.32 Å². The van der Waals surface area contributed by atoms with Gasteiger partial charge < -0.3 is 10.2 Å². The van der Waals surface area contributed by atoms with Gasteiger partial charge in [0.1, 0.15) is 10.7 Å². The number of aryl methyl sites for hydroxylation is 1. The van der Waals surface area contributed by atoms with Crippen LogP contribution in [-0.2, 0) is 9.59 Å². The number of amides is 2. The number of aliphatic imine (C=N–C) groups is 1. The van der Waals surface area contributed by atoms with Gasteiger partial charge in [-0.2, -0.15) is 5.10 Å². The number of carbonyl (C=O) groups excluding carboxylic acids is 2. The first-order valence-corrected chi connectivity index (χ1v) is 17.9. The molecule has 0 bridgehead atoms. The second-order valence-corrected chi connectivity index (χ2v) is 15.9. The summed E-state index contributed by atoms with van der Waals surface area (Å²) in [5, 5.41) is 12.7. The average molecular weight is 662 g/mol. The number of carbonyl (C=O) groups is 2. The molecular weight excluding hydrogens is 614 g/mol. The van der Waals surface area contributed by atoms with E-state index in [1.165, 1.54) is 0 Å². The summed E-state index contributed by atoms with van der Waals surface area (Å²) in [7, 11) is 0. The van der Waals surface area contributed by atoms with Crippen molar-refractivity contribution in [1.82, 2.24) is 25.0 Å². The van der Waals surface area contributed by atoms with E-state index in [1.54, 1.807) is 18.0 Å². The number of thioether (sulfide) groups is 1. The Morgan fingerprint density at radius 3 is 2.72 bits per heavy atom. The highest BCUT2D eigenvalue weighted by molar-refractivity contribution is 8.15. The smallest absolute Gasteiger partial charge is 0.236 e. The number of fused-ring (bicyclic) bond motifs is 1. The van der Waals surface area contributed by atoms with Crippen LogP contribution >= 0.6 is 11.8 Å². The normalized spacial score (nSPS) is 25.6. The monoisotopic (exact) mass is 661 g/mol. The van der Waals surface area contributed by atoms with E-state index in [0.717, 1.165) is 52.9 Å². The summed E-state index contributed by atoms with van der Waals surface area (Å²) in [6.07, 6.45) is 5.26. The molecule has 6 rings (SSSR count). The number of H-pyrrole nitrogens is 1. The van der Waals surface area contributed by atoms with Crippen molar-refractivity contribution in [3.05, 3.63) is 42.2 Å². The van der Waals surface area contributed by atoms with Gasteiger partial charge in [0, 0.05) is 66.3 Å². The third-order valence-electron chi connectivity index (χ3n) is 10.9. The van der Waals surface area contributed by atoms with Crippen LogP contribution in [0.5, 0.6) is 0 Å². The van der Waals surface area contributed by atoms with Crippen LogP contribution in [0.25, 0.3) is 22.2 Å². The SMILES string of the molecule is CCC(C)(C)C1(CC(=O)Nc2ccc3[nH]nc(-c4ccnc(C)c4)c3c2)CCN(CC(=O)N2CCCC(F)(C3=NCC(C)S3)CC2)C1. The summed E-state index contributed by atoms with van der Waals surface area (Å²) in [4.78, 5) is 40.1. The van der Waals surface area contributed by atoms with Gasteiger partial charge in [0.25, 0.3) is 0 Å². The molecular formula is C36H48FN7O2S. The van der Waals surface area contributed by atoms with E-state index in [9.17, 15) is 9.59 Å². The van der Waals surface area contributed by atoms with Crippen LogP contribution in [0.3, 0.4) is 0 Å². The number of halogens is 1. The number of aromatic amines is 1. The van der Waals surface area contributed by atoms with E-state index >= 15 is 4.39 Å². The molecule has 2 saturated heterocycles. The standard InChI is InChI=1S/C36H48FN7O2S/c1-6-34(4,5)35(20-30(45)40-27-8-9-29-28(19-27)32(42-41-29)26-10-14-38-24(2)18-26)12-16-43(23-35)22-31(46)44-15-7-11-36(37,13-17-44)33-39-21-25(3)47-33/h8-10,14,18-19,25H,6-7,11-13,15-17,20-23H2,1-5H3,(H,40,45)(H,41,42). The maximum atomic E-state index is 15.9. The summed E-state index contributed by atoms with van der Waals surface area (Å²) in [6.45, 7) is 14.1. The van der Waals surface area contributed by atoms with Crippen LogP contribution in [-0.4, -0.2) is 92.0 Å². The highest BCUT2D eigenvalue weighted by Crippen LogP contribution is 2.51. The lowest BCUT2D eigenvalue weighted by molar-refractivity contribution is -0.132. The molecule has 3 aliphatic rings. The highest BCUT2D eigenvalue weighted by Gasteiger charge is 2.50. The fraction of sp³-hybridized carbons (Fsp3) is 0.583. The Kier molecular flexibility index (Phi) is 9.50. The van der Waals surface area contributed by atoms with Crippen LogP contribution in [0.15, 0.2) is 41.5 Å². The minimum absolute atomic E-state index is 0.0299. The Bertz CT molecular complexity index is 1670. The number of hydrogen-bond acceptors (Lipinski definition) is 7. The number of likely N-dealkylation sites (tertiary alicyclic amines) is 2. The lowest BCUT2D eigenvalue weighted by Gasteiger charge is -2.44.